The summed E-state index contributed by atoms with van der Waals surface area (Å²) in [6, 6.07) is -10.6. The number of hydrogen-bond acceptors (Lipinski definition) is 1. The van der Waals surface area contributed by atoms with Crippen molar-refractivity contribution in [1.29, 1.82) is 0 Å². The summed E-state index contributed by atoms with van der Waals surface area (Å²) < 4.78 is 260. The molecule has 0 aromatic heterocycles. The van der Waals surface area contributed by atoms with Crippen LogP contribution >= 0.6 is 40.9 Å². The van der Waals surface area contributed by atoms with Crippen molar-refractivity contribution in [3.05, 3.63) is 36.4 Å². The van der Waals surface area contributed by atoms with Crippen molar-refractivity contribution < 1.29 is 82.5 Å². The third-order valence-corrected chi connectivity index (χ3v) is 8.56. The first-order valence-electron chi connectivity index (χ1n) is 8.57. The van der Waals surface area contributed by atoms with E-state index in [-0.39, 0.29) is 0 Å². The monoisotopic (exact) mass is 716 g/mol. The Hall–Kier alpha value is -2.29. The molecule has 0 unspecified atom stereocenters. The van der Waals surface area contributed by atoms with E-state index in [4.69, 9.17) is 0 Å². The lowest BCUT2D eigenvalue weighted by atomic mass is 10.3. The highest BCUT2D eigenvalue weighted by Crippen LogP contribution is 3.06. The van der Waals surface area contributed by atoms with Gasteiger partial charge in [-0.3, -0.25) is 0 Å². The van der Waals surface area contributed by atoms with Crippen LogP contribution in [0.15, 0.2) is 56.0 Å². The summed E-state index contributed by atoms with van der Waals surface area (Å²) in [6.45, 7) is 0. The maximum absolute atomic E-state index is 13.0. The third-order valence-electron chi connectivity index (χ3n) is 4.06. The molecule has 3 nitrogen and oxygen atoms in total. The molecule has 2 amide bonds. The van der Waals surface area contributed by atoms with Crippen molar-refractivity contribution >= 4 is 58.3 Å². The minimum absolute atomic E-state index is 0.642. The van der Waals surface area contributed by atoms with Gasteiger partial charge in [-0.25, -0.2) is 4.79 Å². The third kappa shape index (κ3) is 8.85. The van der Waals surface area contributed by atoms with Crippen LogP contribution in [0, 0.1) is 0 Å². The first kappa shape index (κ1) is 33.9. The van der Waals surface area contributed by atoms with E-state index < -0.39 is 114 Å². The molecule has 2 N–H and O–H groups in total. The maximum atomic E-state index is 13.0. The van der Waals surface area contributed by atoms with Crippen LogP contribution in [-0.2, 0) is 0 Å². The van der Waals surface area contributed by atoms with Gasteiger partial charge in [0.2, 0.25) is 0 Å². The predicted octanol–water partition coefficient (Wildman–Crippen LogP) is 14.0. The van der Waals surface area contributed by atoms with Gasteiger partial charge >= 0.3 is 46.9 Å². The summed E-state index contributed by atoms with van der Waals surface area (Å²) >= 11 is 0. The lowest BCUT2D eigenvalue weighted by Gasteiger charge is -2.44. The average molecular weight is 716 g/mol. The number of carbonyl (C=O) groups is 1. The smallest absolute Gasteiger partial charge is 0.308 e. The van der Waals surface area contributed by atoms with Crippen molar-refractivity contribution in [1.82, 2.24) is 0 Å². The van der Waals surface area contributed by atoms with Gasteiger partial charge in [0.1, 0.15) is 19.6 Å². The topological polar surface area (TPSA) is 41.1 Å². The molecule has 0 aliphatic carbocycles. The van der Waals surface area contributed by atoms with E-state index in [0.717, 1.165) is 0 Å². The van der Waals surface area contributed by atoms with Gasteiger partial charge in [-0.1, -0.05) is 77.7 Å². The van der Waals surface area contributed by atoms with Crippen molar-refractivity contribution in [2.75, 3.05) is 10.6 Å². The molecule has 0 bridgehead atoms. The molecule has 0 spiro atoms. The Labute approximate surface area is 207 Å². The molecular weight excluding hydrogens is 708 g/mol. The first-order valence-corrected chi connectivity index (χ1v) is 16.4. The number of hydrogen-bond donors (Lipinski definition) is 2. The molecule has 2 aromatic rings. The van der Waals surface area contributed by atoms with Gasteiger partial charge in [0.25, 0.3) is 0 Å². The lowest BCUT2D eigenvalue weighted by molar-refractivity contribution is 0.262. The molecule has 0 saturated heterocycles. The number of amides is 2. The Morgan fingerprint density at radius 1 is 0.375 bits per heavy atom. The molecule has 0 saturated carbocycles. The summed E-state index contributed by atoms with van der Waals surface area (Å²) in [7, 11) is -45.1. The van der Waals surface area contributed by atoms with Crippen LogP contribution in [0.3, 0.4) is 0 Å². The van der Waals surface area contributed by atoms with E-state index in [1.807, 2.05) is 0 Å². The Morgan fingerprint density at radius 2 is 0.550 bits per heavy atom. The van der Waals surface area contributed by atoms with E-state index >= 15 is 0 Å². The Bertz CT molecular complexity index is 1250. The SMILES string of the molecule is O=C(Nc1cc(S(F)(F)(F)(F)F)cc(S(F)(F)(F)(F)F)c1)Nc1cc(S(F)(F)(F)(F)F)cc(S(F)(F)(F)(F)F)c1. The van der Waals surface area contributed by atoms with Crippen molar-refractivity contribution in [3.63, 3.8) is 0 Å². The van der Waals surface area contributed by atoms with E-state index in [1.165, 1.54) is 0 Å². The number of carbonyl (C=O) groups excluding carboxylic acids is 1. The number of halogens is 20. The quantitative estimate of drug-likeness (QED) is 0.287. The number of urea groups is 1. The largest absolute Gasteiger partial charge is 0.323 e. The maximum Gasteiger partial charge on any atom is 0.323 e. The molecule has 0 heterocycles. The van der Waals surface area contributed by atoms with Crippen LogP contribution in [-0.4, -0.2) is 6.03 Å². The minimum atomic E-state index is -11.3. The molecule has 2 rings (SSSR count). The highest BCUT2D eigenvalue weighted by molar-refractivity contribution is 8.47. The minimum Gasteiger partial charge on any atom is -0.308 e. The number of anilines is 2. The van der Waals surface area contributed by atoms with Crippen molar-refractivity contribution in [2.24, 2.45) is 0 Å². The Balaban J connectivity index is 2.72. The van der Waals surface area contributed by atoms with Gasteiger partial charge in [-0.2, -0.15) is 0 Å². The van der Waals surface area contributed by atoms with Gasteiger partial charge in [0, 0.05) is 11.4 Å². The van der Waals surface area contributed by atoms with Crippen LogP contribution in [0.1, 0.15) is 0 Å². The zero-order valence-corrected chi connectivity index (χ0v) is 20.8. The van der Waals surface area contributed by atoms with Crippen LogP contribution in [0.2, 0.25) is 0 Å². The average Bonchev–Trinajstić information content (AvgIpc) is 2.53. The molecule has 0 radical (unpaired) electrons. The van der Waals surface area contributed by atoms with E-state index in [0.29, 0.717) is 10.6 Å². The first-order chi connectivity index (χ1) is 16.2. The van der Waals surface area contributed by atoms with Crippen LogP contribution in [0.5, 0.6) is 0 Å². The van der Waals surface area contributed by atoms with Gasteiger partial charge < -0.3 is 10.6 Å². The number of nitrogens with one attached hydrogen (secondary N) is 2. The summed E-state index contributed by atoms with van der Waals surface area (Å²) in [5, 5.41) is 1.28. The second kappa shape index (κ2) is 6.23. The molecule has 240 valence electrons. The molecule has 0 atom stereocenters. The van der Waals surface area contributed by atoms with Crippen LogP contribution in [0.25, 0.3) is 0 Å². The van der Waals surface area contributed by atoms with E-state index in [2.05, 4.69) is 0 Å². The summed E-state index contributed by atoms with van der Waals surface area (Å²) in [6.07, 6.45) is 0. The molecular formula is C13H8F20N2OS4. The molecule has 40 heavy (non-hydrogen) atoms. The molecule has 2 aromatic carbocycles. The fourth-order valence-electron chi connectivity index (χ4n) is 2.47. The van der Waals surface area contributed by atoms with Gasteiger partial charge in [0.05, 0.1) is 0 Å². The molecule has 0 fully saturated rings. The fourth-order valence-corrected chi connectivity index (χ4v) is 5.42. The van der Waals surface area contributed by atoms with Crippen molar-refractivity contribution in [2.45, 2.75) is 19.6 Å². The predicted molar refractivity (Wildman–Crippen MR) is 111 cm³/mol. The standard InChI is InChI=1S/C13H8F20N2OS4/c14-37(15,16,17,18)9-1-7(2-10(5-9)38(19,20,21,22)23)34-13(36)35-8-3-11(39(24,25,26,27)28)6-12(4-8)40(29,30,31,32)33/h1-6H,(H2,34,35,36). The normalized spacial score (nSPS) is 20.7. The highest BCUT2D eigenvalue weighted by atomic mass is 32.5. The molecule has 0 aliphatic heterocycles. The van der Waals surface area contributed by atoms with E-state index in [9.17, 15) is 82.5 Å². The summed E-state index contributed by atoms with van der Waals surface area (Å²) in [5.74, 6) is 0. The molecule has 27 heteroatoms. The fraction of sp³-hybridized carbons (Fsp3) is 0. The lowest BCUT2D eigenvalue weighted by Crippen LogP contribution is -2.21. The second-order valence-electron chi connectivity index (χ2n) is 7.84. The van der Waals surface area contributed by atoms with Crippen LogP contribution < -0.4 is 10.6 Å². The summed E-state index contributed by atoms with van der Waals surface area (Å²) in [5.41, 5.74) is -4.58. The van der Waals surface area contributed by atoms with Crippen molar-refractivity contribution in [3.8, 4) is 0 Å². The second-order valence-corrected chi connectivity index (χ2v) is 17.5. The Kier molecular flexibility index (Phi) is 5.28. The molecule has 0 aliphatic rings. The van der Waals surface area contributed by atoms with Crippen LogP contribution in [0.4, 0.5) is 93.9 Å². The van der Waals surface area contributed by atoms with E-state index in [1.54, 1.807) is 0 Å². The number of rotatable bonds is 6. The number of benzene rings is 2. The zero-order valence-electron chi connectivity index (χ0n) is 17.6. The zero-order chi connectivity index (χ0) is 32.3. The van der Waals surface area contributed by atoms with Gasteiger partial charge in [0.15, 0.2) is 0 Å². The van der Waals surface area contributed by atoms with Gasteiger partial charge in [-0.15, -0.1) is 0 Å². The Morgan fingerprint density at radius 3 is 0.700 bits per heavy atom. The summed E-state index contributed by atoms with van der Waals surface area (Å²) in [4.78, 5) is -3.06. The van der Waals surface area contributed by atoms with Gasteiger partial charge in [-0.05, 0) is 36.4 Å². The highest BCUT2D eigenvalue weighted by Gasteiger charge is 2.71.